The quantitative estimate of drug-likeness (QED) is 0.428. The Morgan fingerprint density at radius 3 is 2.62 bits per heavy atom. The molecule has 0 unspecified atom stereocenters. The van der Waals surface area contributed by atoms with Crippen LogP contribution in [0.1, 0.15) is 15.9 Å². The summed E-state index contributed by atoms with van der Waals surface area (Å²) < 4.78 is 37.1. The van der Waals surface area contributed by atoms with Gasteiger partial charge in [-0.3, -0.25) is 4.79 Å². The third kappa shape index (κ3) is 4.29. The van der Waals surface area contributed by atoms with E-state index in [0.717, 1.165) is 12.1 Å². The van der Waals surface area contributed by atoms with Crippen LogP contribution in [0, 0.1) is 11.6 Å². The minimum absolute atomic E-state index is 0.189. The number of ketones is 1. The molecule has 3 nitrogen and oxygen atoms in total. The number of carbonyl (C=O) groups excluding carboxylic acids is 1. The Kier molecular flexibility index (Phi) is 5.84. The van der Waals surface area contributed by atoms with Gasteiger partial charge < -0.3 is 9.47 Å². The second-order valence-corrected chi connectivity index (χ2v) is 4.83. The van der Waals surface area contributed by atoms with E-state index in [0.29, 0.717) is 29.7 Å². The number of allylic oxidation sites excluding steroid dienone is 1. The first-order chi connectivity index (χ1) is 11.5. The molecule has 2 aromatic rings. The third-order valence-corrected chi connectivity index (χ3v) is 3.17. The molecule has 0 atom stereocenters. The number of hydrogen-bond acceptors (Lipinski definition) is 3. The summed E-state index contributed by atoms with van der Waals surface area (Å²) in [6.07, 6.45) is 4.35. The average molecular weight is 330 g/mol. The van der Waals surface area contributed by atoms with Gasteiger partial charge in [-0.25, -0.2) is 8.78 Å². The minimum atomic E-state index is -0.893. The lowest BCUT2D eigenvalue weighted by Gasteiger charge is -2.09. The number of methoxy groups -OCH3 is 1. The molecule has 0 amide bonds. The maximum atomic E-state index is 13.6. The second kappa shape index (κ2) is 8.06. The van der Waals surface area contributed by atoms with Crippen LogP contribution in [0.4, 0.5) is 8.78 Å². The van der Waals surface area contributed by atoms with E-state index in [1.54, 1.807) is 24.3 Å². The lowest BCUT2D eigenvalue weighted by Crippen LogP contribution is -1.99. The van der Waals surface area contributed by atoms with Crippen LogP contribution >= 0.6 is 0 Å². The van der Waals surface area contributed by atoms with Crippen LogP contribution in [-0.4, -0.2) is 19.5 Å². The molecule has 0 radical (unpaired) electrons. The number of carbonyl (C=O) groups is 1. The predicted octanol–water partition coefficient (Wildman–Crippen LogP) is 4.43. The molecule has 124 valence electrons. The lowest BCUT2D eigenvalue weighted by atomic mass is 10.1. The highest BCUT2D eigenvalue weighted by Gasteiger charge is 2.10. The van der Waals surface area contributed by atoms with Crippen molar-refractivity contribution in [2.45, 2.75) is 0 Å². The molecule has 0 aliphatic rings. The molecule has 0 aliphatic heterocycles. The molecule has 0 heterocycles. The van der Waals surface area contributed by atoms with Crippen molar-refractivity contribution in [3.63, 3.8) is 0 Å². The fourth-order valence-electron chi connectivity index (χ4n) is 2.01. The first-order valence-corrected chi connectivity index (χ1v) is 7.14. The van der Waals surface area contributed by atoms with E-state index < -0.39 is 17.4 Å². The third-order valence-electron chi connectivity index (χ3n) is 3.17. The SMILES string of the molecule is C=CCOc1ccc(/C=C/C(=O)c2ccc(F)cc2F)cc1OC. The van der Waals surface area contributed by atoms with E-state index in [4.69, 9.17) is 9.47 Å². The van der Waals surface area contributed by atoms with E-state index in [2.05, 4.69) is 6.58 Å². The molecule has 0 aliphatic carbocycles. The number of benzene rings is 2. The van der Waals surface area contributed by atoms with Crippen LogP contribution in [-0.2, 0) is 0 Å². The number of halogens is 2. The van der Waals surface area contributed by atoms with Gasteiger partial charge in [-0.15, -0.1) is 0 Å². The summed E-state index contributed by atoms with van der Waals surface area (Å²) in [5.74, 6) is -1.13. The van der Waals surface area contributed by atoms with Crippen molar-refractivity contribution in [1.82, 2.24) is 0 Å². The average Bonchev–Trinajstić information content (AvgIpc) is 2.58. The monoisotopic (exact) mass is 330 g/mol. The Balaban J connectivity index is 2.18. The fraction of sp³-hybridized carbons (Fsp3) is 0.105. The summed E-state index contributed by atoms with van der Waals surface area (Å²) in [7, 11) is 1.50. The van der Waals surface area contributed by atoms with Crippen molar-refractivity contribution < 1.29 is 23.0 Å². The molecule has 0 saturated heterocycles. The molecule has 5 heteroatoms. The summed E-state index contributed by atoms with van der Waals surface area (Å²) in [5, 5.41) is 0. The van der Waals surface area contributed by atoms with Gasteiger partial charge in [0.25, 0.3) is 0 Å². The number of rotatable bonds is 7. The molecular formula is C19H16F2O3. The van der Waals surface area contributed by atoms with Crippen LogP contribution in [0.3, 0.4) is 0 Å². The van der Waals surface area contributed by atoms with Gasteiger partial charge in [0, 0.05) is 6.07 Å². The zero-order valence-electron chi connectivity index (χ0n) is 13.1. The molecule has 0 aromatic heterocycles. The van der Waals surface area contributed by atoms with Crippen molar-refractivity contribution >= 4 is 11.9 Å². The first kappa shape index (κ1) is 17.4. The van der Waals surface area contributed by atoms with Crippen LogP contribution < -0.4 is 9.47 Å². The van der Waals surface area contributed by atoms with Crippen molar-refractivity contribution in [2.75, 3.05) is 13.7 Å². The van der Waals surface area contributed by atoms with Crippen molar-refractivity contribution in [2.24, 2.45) is 0 Å². The largest absolute Gasteiger partial charge is 0.493 e. The topological polar surface area (TPSA) is 35.5 Å². The smallest absolute Gasteiger partial charge is 0.188 e. The van der Waals surface area contributed by atoms with Gasteiger partial charge in [-0.1, -0.05) is 24.8 Å². The lowest BCUT2D eigenvalue weighted by molar-refractivity contribution is 0.104. The number of ether oxygens (including phenoxy) is 2. The Morgan fingerprint density at radius 1 is 1.17 bits per heavy atom. The van der Waals surface area contributed by atoms with E-state index in [1.165, 1.54) is 19.3 Å². The summed E-state index contributed by atoms with van der Waals surface area (Å²) >= 11 is 0. The molecule has 2 aromatic carbocycles. The summed E-state index contributed by atoms with van der Waals surface area (Å²) in [6, 6.07) is 7.94. The summed E-state index contributed by atoms with van der Waals surface area (Å²) in [4.78, 5) is 12.0. The van der Waals surface area contributed by atoms with E-state index in [-0.39, 0.29) is 5.56 Å². The molecule has 2 rings (SSSR count). The van der Waals surface area contributed by atoms with Gasteiger partial charge in [0.2, 0.25) is 0 Å². The number of hydrogen-bond donors (Lipinski definition) is 0. The van der Waals surface area contributed by atoms with E-state index >= 15 is 0 Å². The van der Waals surface area contributed by atoms with E-state index in [9.17, 15) is 13.6 Å². The molecular weight excluding hydrogens is 314 g/mol. The summed E-state index contributed by atoms with van der Waals surface area (Å²) in [5.41, 5.74) is 0.485. The van der Waals surface area contributed by atoms with Gasteiger partial charge in [0.15, 0.2) is 17.3 Å². The standard InChI is InChI=1S/C19H16F2O3/c1-3-10-24-18-9-5-13(11-19(18)23-2)4-8-17(22)15-7-6-14(20)12-16(15)21/h3-9,11-12H,1,10H2,2H3/b8-4+. The van der Waals surface area contributed by atoms with Crippen LogP contribution in [0.25, 0.3) is 6.08 Å². The first-order valence-electron chi connectivity index (χ1n) is 7.14. The zero-order chi connectivity index (χ0) is 17.5. The van der Waals surface area contributed by atoms with Crippen molar-refractivity contribution in [3.05, 3.63) is 77.9 Å². The second-order valence-electron chi connectivity index (χ2n) is 4.83. The minimum Gasteiger partial charge on any atom is -0.493 e. The molecule has 24 heavy (non-hydrogen) atoms. The van der Waals surface area contributed by atoms with Crippen LogP contribution in [0.5, 0.6) is 11.5 Å². The maximum Gasteiger partial charge on any atom is 0.188 e. The van der Waals surface area contributed by atoms with Gasteiger partial charge >= 0.3 is 0 Å². The van der Waals surface area contributed by atoms with Gasteiger partial charge in [0.1, 0.15) is 18.2 Å². The highest BCUT2D eigenvalue weighted by Crippen LogP contribution is 2.28. The predicted molar refractivity (Wildman–Crippen MR) is 88.4 cm³/mol. The van der Waals surface area contributed by atoms with Crippen molar-refractivity contribution in [1.29, 1.82) is 0 Å². The van der Waals surface area contributed by atoms with E-state index in [1.807, 2.05) is 0 Å². The zero-order valence-corrected chi connectivity index (χ0v) is 13.1. The normalized spacial score (nSPS) is 10.6. The molecule has 0 bridgehead atoms. The fourth-order valence-corrected chi connectivity index (χ4v) is 2.01. The maximum absolute atomic E-state index is 13.6. The molecule has 0 spiro atoms. The Hall–Kier alpha value is -2.95. The highest BCUT2D eigenvalue weighted by molar-refractivity contribution is 6.07. The van der Waals surface area contributed by atoms with Gasteiger partial charge in [0.05, 0.1) is 12.7 Å². The van der Waals surface area contributed by atoms with Crippen molar-refractivity contribution in [3.8, 4) is 11.5 Å². The van der Waals surface area contributed by atoms with Gasteiger partial charge in [-0.05, 0) is 35.9 Å². The summed E-state index contributed by atoms with van der Waals surface area (Å²) in [6.45, 7) is 3.91. The molecule has 0 N–H and O–H groups in total. The Morgan fingerprint density at radius 2 is 1.96 bits per heavy atom. The van der Waals surface area contributed by atoms with Crippen LogP contribution in [0.2, 0.25) is 0 Å². The molecule has 0 fully saturated rings. The Labute approximate surface area is 138 Å². The van der Waals surface area contributed by atoms with Crippen LogP contribution in [0.15, 0.2) is 55.1 Å². The highest BCUT2D eigenvalue weighted by atomic mass is 19.1. The molecule has 0 saturated carbocycles. The Bertz CT molecular complexity index is 782. The van der Waals surface area contributed by atoms with Gasteiger partial charge in [-0.2, -0.15) is 0 Å².